The minimum Gasteiger partial charge on any atom is -0.254 e. The van der Waals surface area contributed by atoms with Crippen LogP contribution in [0.2, 0.25) is 5.15 Å². The highest BCUT2D eigenvalue weighted by atomic mass is 35.5. The maximum atomic E-state index is 6.52. The van der Waals surface area contributed by atoms with Gasteiger partial charge in [-0.3, -0.25) is 9.97 Å². The van der Waals surface area contributed by atoms with Gasteiger partial charge in [0.05, 0.1) is 29.2 Å². The lowest BCUT2D eigenvalue weighted by atomic mass is 10.1. The number of hydrogen-bond acceptors (Lipinski definition) is 7. The molecule has 30 heavy (non-hydrogen) atoms. The fourth-order valence-electron chi connectivity index (χ4n) is 3.18. The maximum Gasteiger partial charge on any atom is 0.175 e. The summed E-state index contributed by atoms with van der Waals surface area (Å²) in [5.41, 5.74) is 4.78. The van der Waals surface area contributed by atoms with Crippen molar-refractivity contribution in [2.24, 2.45) is 0 Å². The summed E-state index contributed by atoms with van der Waals surface area (Å²) >= 11 is 6.52. The number of pyridine rings is 3. The molecule has 0 aliphatic rings. The molecule has 0 saturated heterocycles. The van der Waals surface area contributed by atoms with Crippen LogP contribution in [0.25, 0.3) is 28.1 Å². The van der Waals surface area contributed by atoms with Gasteiger partial charge in [-0.15, -0.1) is 5.10 Å². The smallest absolute Gasteiger partial charge is 0.175 e. The van der Waals surface area contributed by atoms with Crippen molar-refractivity contribution in [1.82, 2.24) is 44.7 Å². The molecule has 5 aromatic heterocycles. The Labute approximate surface area is 176 Å². The number of nitrogens with zero attached hydrogens (tertiary/aromatic N) is 9. The molecule has 9 nitrogen and oxygen atoms in total. The Morgan fingerprint density at radius 2 is 1.80 bits per heavy atom. The number of aromatic nitrogens is 9. The molecule has 0 atom stereocenters. The zero-order chi connectivity index (χ0) is 20.7. The molecule has 0 bridgehead atoms. The van der Waals surface area contributed by atoms with Crippen LogP contribution in [0.15, 0.2) is 49.1 Å². The van der Waals surface area contributed by atoms with Crippen LogP contribution < -0.4 is 0 Å². The second-order valence-corrected chi connectivity index (χ2v) is 7.11. The number of fused-ring (bicyclic) bond motifs is 1. The first kappa shape index (κ1) is 18.3. The van der Waals surface area contributed by atoms with Crippen molar-refractivity contribution in [2.45, 2.75) is 20.4 Å². The van der Waals surface area contributed by atoms with E-state index in [-0.39, 0.29) is 0 Å². The van der Waals surface area contributed by atoms with E-state index in [0.29, 0.717) is 34.4 Å². The maximum absolute atomic E-state index is 6.52. The van der Waals surface area contributed by atoms with E-state index >= 15 is 0 Å². The predicted molar refractivity (Wildman–Crippen MR) is 111 cm³/mol. The molecule has 5 aromatic rings. The van der Waals surface area contributed by atoms with Crippen molar-refractivity contribution in [3.05, 3.63) is 71.3 Å². The molecule has 0 aromatic carbocycles. The SMILES string of the molecule is Cc1cc(-c2nc(Cn3nccn3)nn2-c2ccnc3cccnc23)c(Cl)nc1C. The van der Waals surface area contributed by atoms with E-state index in [0.717, 1.165) is 22.5 Å². The zero-order valence-electron chi connectivity index (χ0n) is 16.2. The Hall–Kier alpha value is -3.72. The number of rotatable bonds is 4. The molecule has 0 aliphatic heterocycles. The topological polar surface area (TPSA) is 100 Å². The third kappa shape index (κ3) is 3.18. The summed E-state index contributed by atoms with van der Waals surface area (Å²) in [6, 6.07) is 7.58. The van der Waals surface area contributed by atoms with Crippen molar-refractivity contribution in [3.63, 3.8) is 0 Å². The Balaban J connectivity index is 1.75. The molecule has 5 rings (SSSR count). The third-order valence-corrected chi connectivity index (χ3v) is 5.05. The Bertz CT molecular complexity index is 1350. The highest BCUT2D eigenvalue weighted by Gasteiger charge is 2.20. The van der Waals surface area contributed by atoms with Crippen molar-refractivity contribution in [3.8, 4) is 17.1 Å². The Kier molecular flexibility index (Phi) is 4.44. The van der Waals surface area contributed by atoms with Crippen LogP contribution in [0.3, 0.4) is 0 Å². The zero-order valence-corrected chi connectivity index (χ0v) is 17.0. The van der Waals surface area contributed by atoms with Gasteiger partial charge in [0, 0.05) is 18.1 Å². The summed E-state index contributed by atoms with van der Waals surface area (Å²) in [4.78, 5) is 19.6. The van der Waals surface area contributed by atoms with E-state index in [1.165, 1.54) is 4.80 Å². The largest absolute Gasteiger partial charge is 0.254 e. The average molecular weight is 418 g/mol. The fraction of sp³-hybridized carbons (Fsp3) is 0.150. The fourth-order valence-corrected chi connectivity index (χ4v) is 3.45. The quantitative estimate of drug-likeness (QED) is 0.414. The van der Waals surface area contributed by atoms with Gasteiger partial charge in [0.25, 0.3) is 0 Å². The Morgan fingerprint density at radius 3 is 2.63 bits per heavy atom. The number of hydrogen-bond donors (Lipinski definition) is 0. The van der Waals surface area contributed by atoms with E-state index in [2.05, 4.69) is 25.1 Å². The monoisotopic (exact) mass is 417 g/mol. The van der Waals surface area contributed by atoms with E-state index in [1.54, 1.807) is 29.5 Å². The molecule has 0 unspecified atom stereocenters. The summed E-state index contributed by atoms with van der Waals surface area (Å²) in [5, 5.41) is 13.4. The molecule has 0 saturated carbocycles. The van der Waals surface area contributed by atoms with Crippen LogP contribution >= 0.6 is 11.6 Å². The van der Waals surface area contributed by atoms with Crippen molar-refractivity contribution in [1.29, 1.82) is 0 Å². The van der Waals surface area contributed by atoms with Crippen molar-refractivity contribution < 1.29 is 0 Å². The van der Waals surface area contributed by atoms with Gasteiger partial charge in [0.2, 0.25) is 0 Å². The molecule has 148 valence electrons. The van der Waals surface area contributed by atoms with Gasteiger partial charge < -0.3 is 0 Å². The summed E-state index contributed by atoms with van der Waals surface area (Å²) in [6.07, 6.45) is 6.67. The van der Waals surface area contributed by atoms with E-state index < -0.39 is 0 Å². The lowest BCUT2D eigenvalue weighted by molar-refractivity contribution is 0.569. The van der Waals surface area contributed by atoms with Gasteiger partial charge in [0.15, 0.2) is 11.6 Å². The van der Waals surface area contributed by atoms with Crippen molar-refractivity contribution >= 4 is 22.6 Å². The Morgan fingerprint density at radius 1 is 0.967 bits per heavy atom. The first-order chi connectivity index (χ1) is 14.6. The molecule has 0 spiro atoms. The lowest BCUT2D eigenvalue weighted by Gasteiger charge is -2.10. The normalized spacial score (nSPS) is 11.3. The van der Waals surface area contributed by atoms with Gasteiger partial charge >= 0.3 is 0 Å². The molecule has 0 radical (unpaired) electrons. The van der Waals surface area contributed by atoms with Gasteiger partial charge in [-0.2, -0.15) is 15.0 Å². The van der Waals surface area contributed by atoms with Crippen LogP contribution in [0.4, 0.5) is 0 Å². The molecule has 0 amide bonds. The molecular formula is C20H16ClN9. The minimum absolute atomic E-state index is 0.319. The molecule has 0 aliphatic carbocycles. The predicted octanol–water partition coefficient (Wildman–Crippen LogP) is 3.18. The highest BCUT2D eigenvalue weighted by molar-refractivity contribution is 6.32. The van der Waals surface area contributed by atoms with E-state index in [1.807, 2.05) is 38.1 Å². The first-order valence-corrected chi connectivity index (χ1v) is 9.62. The van der Waals surface area contributed by atoms with Crippen molar-refractivity contribution in [2.75, 3.05) is 0 Å². The van der Waals surface area contributed by atoms with E-state index in [4.69, 9.17) is 21.7 Å². The van der Waals surface area contributed by atoms with Crippen LogP contribution in [0.5, 0.6) is 0 Å². The standard InChI is InChI=1S/C20H16ClN9/c1-12-10-14(19(21)26-13(12)2)20-27-17(11-29-24-8-9-25-29)28-30(20)16-5-7-22-15-4-3-6-23-18(15)16/h3-10H,11H2,1-2H3. The highest BCUT2D eigenvalue weighted by Crippen LogP contribution is 2.30. The molecule has 0 N–H and O–H groups in total. The third-order valence-electron chi connectivity index (χ3n) is 4.76. The van der Waals surface area contributed by atoms with E-state index in [9.17, 15) is 0 Å². The summed E-state index contributed by atoms with van der Waals surface area (Å²) in [6.45, 7) is 4.23. The van der Waals surface area contributed by atoms with Crippen LogP contribution in [-0.2, 0) is 6.54 Å². The van der Waals surface area contributed by atoms with Crippen LogP contribution in [-0.4, -0.2) is 44.7 Å². The minimum atomic E-state index is 0.319. The number of aryl methyl sites for hydroxylation is 2. The van der Waals surface area contributed by atoms with Crippen LogP contribution in [0.1, 0.15) is 17.1 Å². The second kappa shape index (κ2) is 7.27. The lowest BCUT2D eigenvalue weighted by Crippen LogP contribution is -2.06. The van der Waals surface area contributed by atoms with Crippen LogP contribution in [0, 0.1) is 13.8 Å². The van der Waals surface area contributed by atoms with Gasteiger partial charge in [-0.05, 0) is 43.7 Å². The van der Waals surface area contributed by atoms with Gasteiger partial charge in [-0.1, -0.05) is 11.6 Å². The molecular weight excluding hydrogens is 402 g/mol. The summed E-state index contributed by atoms with van der Waals surface area (Å²) < 4.78 is 1.73. The summed E-state index contributed by atoms with van der Waals surface area (Å²) in [7, 11) is 0. The first-order valence-electron chi connectivity index (χ1n) is 9.24. The second-order valence-electron chi connectivity index (χ2n) is 6.75. The molecule has 0 fully saturated rings. The number of halogens is 1. The average Bonchev–Trinajstić information content (AvgIpc) is 3.40. The molecule has 5 heterocycles. The van der Waals surface area contributed by atoms with Gasteiger partial charge in [0.1, 0.15) is 17.2 Å². The summed E-state index contributed by atoms with van der Waals surface area (Å²) in [5.74, 6) is 1.10. The molecule has 10 heteroatoms. The van der Waals surface area contributed by atoms with Gasteiger partial charge in [-0.25, -0.2) is 14.6 Å².